The first kappa shape index (κ1) is 16.4. The van der Waals surface area contributed by atoms with E-state index in [9.17, 15) is 9.90 Å². The van der Waals surface area contributed by atoms with Crippen molar-refractivity contribution in [3.05, 3.63) is 60.1 Å². The first-order valence-corrected chi connectivity index (χ1v) is 9.00. The van der Waals surface area contributed by atoms with Crippen LogP contribution in [0.5, 0.6) is 0 Å². The molecule has 1 aromatic heterocycles. The van der Waals surface area contributed by atoms with Gasteiger partial charge in [0.05, 0.1) is 12.4 Å². The molecule has 0 radical (unpaired) electrons. The van der Waals surface area contributed by atoms with E-state index in [2.05, 4.69) is 4.90 Å². The number of amides is 1. The van der Waals surface area contributed by atoms with E-state index < -0.39 is 6.10 Å². The van der Waals surface area contributed by atoms with Gasteiger partial charge in [-0.1, -0.05) is 30.3 Å². The second-order valence-electron chi connectivity index (χ2n) is 7.02. The molecular formula is C20H24N2O3. The Morgan fingerprint density at radius 2 is 1.88 bits per heavy atom. The largest absolute Gasteiger partial charge is 0.469 e. The van der Waals surface area contributed by atoms with Crippen LogP contribution in [0.3, 0.4) is 0 Å². The minimum atomic E-state index is -0.477. The SMILES string of the molecule is O=C([C@@H]1C[C@H]1c1ccco1)N1CCN(C[C@H](O)c2ccccc2)CC1. The number of aliphatic hydroxyl groups is 1. The number of benzene rings is 1. The molecule has 5 heteroatoms. The third kappa shape index (κ3) is 3.62. The molecule has 2 aromatic rings. The van der Waals surface area contributed by atoms with Crippen LogP contribution < -0.4 is 0 Å². The summed E-state index contributed by atoms with van der Waals surface area (Å²) in [6, 6.07) is 13.6. The molecule has 0 bridgehead atoms. The fraction of sp³-hybridized carbons (Fsp3) is 0.450. The molecule has 1 saturated heterocycles. The van der Waals surface area contributed by atoms with E-state index in [1.807, 2.05) is 47.4 Å². The van der Waals surface area contributed by atoms with Crippen LogP contribution in [0.4, 0.5) is 0 Å². The van der Waals surface area contributed by atoms with Crippen molar-refractivity contribution < 1.29 is 14.3 Å². The highest BCUT2D eigenvalue weighted by molar-refractivity contribution is 5.83. The summed E-state index contributed by atoms with van der Waals surface area (Å²) in [6.07, 6.45) is 2.10. The normalized spacial score (nSPS) is 24.9. The molecular weight excluding hydrogens is 316 g/mol. The minimum Gasteiger partial charge on any atom is -0.469 e. The minimum absolute atomic E-state index is 0.0904. The predicted octanol–water partition coefficient (Wildman–Crippen LogP) is 2.26. The van der Waals surface area contributed by atoms with Crippen molar-refractivity contribution in [1.82, 2.24) is 9.80 Å². The summed E-state index contributed by atoms with van der Waals surface area (Å²) in [7, 11) is 0. The van der Waals surface area contributed by atoms with Gasteiger partial charge in [0.1, 0.15) is 5.76 Å². The Morgan fingerprint density at radius 3 is 2.56 bits per heavy atom. The van der Waals surface area contributed by atoms with Crippen molar-refractivity contribution in [1.29, 1.82) is 0 Å². The maximum atomic E-state index is 12.6. The highest BCUT2D eigenvalue weighted by atomic mass is 16.3. The van der Waals surface area contributed by atoms with Crippen LogP contribution in [0, 0.1) is 5.92 Å². The number of β-amino-alcohol motifs (C(OH)–C–C–N with tert-alkyl or cyclic N) is 1. The zero-order valence-electron chi connectivity index (χ0n) is 14.3. The van der Waals surface area contributed by atoms with Crippen LogP contribution in [-0.2, 0) is 4.79 Å². The van der Waals surface area contributed by atoms with Gasteiger partial charge in [-0.3, -0.25) is 9.69 Å². The Balaban J connectivity index is 1.25. The maximum absolute atomic E-state index is 12.6. The number of hydrogen-bond donors (Lipinski definition) is 1. The molecule has 2 fully saturated rings. The van der Waals surface area contributed by atoms with Crippen molar-refractivity contribution in [3.63, 3.8) is 0 Å². The summed E-state index contributed by atoms with van der Waals surface area (Å²) in [4.78, 5) is 16.8. The van der Waals surface area contributed by atoms with E-state index in [0.29, 0.717) is 6.54 Å². The first-order chi connectivity index (χ1) is 12.2. The summed E-state index contributed by atoms with van der Waals surface area (Å²) in [5, 5.41) is 10.4. The number of piperazine rings is 1. The molecule has 1 N–H and O–H groups in total. The summed E-state index contributed by atoms with van der Waals surface area (Å²) < 4.78 is 5.42. The van der Waals surface area contributed by atoms with Gasteiger partial charge in [-0.25, -0.2) is 0 Å². The molecule has 1 aromatic carbocycles. The summed E-state index contributed by atoms with van der Waals surface area (Å²) in [6.45, 7) is 3.72. The molecule has 2 heterocycles. The number of rotatable bonds is 5. The second-order valence-corrected chi connectivity index (χ2v) is 7.02. The standard InChI is InChI=1S/C20H24N2O3/c23-18(15-5-2-1-3-6-15)14-21-8-10-22(11-9-21)20(24)17-13-16(17)19-7-4-12-25-19/h1-7,12,16-18,23H,8-11,13-14H2/t16-,17-,18+/m1/s1. The molecule has 2 aliphatic rings. The molecule has 1 aliphatic heterocycles. The molecule has 5 nitrogen and oxygen atoms in total. The van der Waals surface area contributed by atoms with Crippen LogP contribution in [0.15, 0.2) is 53.1 Å². The average Bonchev–Trinajstić information content (AvgIpc) is 3.27. The number of carbonyl (C=O) groups excluding carboxylic acids is 1. The van der Waals surface area contributed by atoms with E-state index in [0.717, 1.165) is 43.9 Å². The van der Waals surface area contributed by atoms with Crippen molar-refractivity contribution in [2.45, 2.75) is 18.4 Å². The number of hydrogen-bond acceptors (Lipinski definition) is 4. The van der Waals surface area contributed by atoms with Gasteiger partial charge in [0.25, 0.3) is 0 Å². The molecule has 1 amide bonds. The monoisotopic (exact) mass is 340 g/mol. The zero-order valence-corrected chi connectivity index (χ0v) is 14.3. The Hall–Kier alpha value is -2.11. The van der Waals surface area contributed by atoms with Gasteiger partial charge >= 0.3 is 0 Å². The van der Waals surface area contributed by atoms with E-state index in [-0.39, 0.29) is 17.7 Å². The molecule has 3 atom stereocenters. The van der Waals surface area contributed by atoms with Crippen molar-refractivity contribution in [2.75, 3.05) is 32.7 Å². The van der Waals surface area contributed by atoms with Gasteiger partial charge < -0.3 is 14.4 Å². The number of nitrogens with zero attached hydrogens (tertiary/aromatic N) is 2. The molecule has 0 spiro atoms. The van der Waals surface area contributed by atoms with Crippen LogP contribution in [-0.4, -0.2) is 53.5 Å². The van der Waals surface area contributed by atoms with Crippen LogP contribution in [0.2, 0.25) is 0 Å². The lowest BCUT2D eigenvalue weighted by atomic mass is 10.1. The van der Waals surface area contributed by atoms with E-state index in [1.165, 1.54) is 0 Å². The van der Waals surface area contributed by atoms with Gasteiger partial charge in [-0.05, 0) is 24.1 Å². The quantitative estimate of drug-likeness (QED) is 0.907. The third-order valence-corrected chi connectivity index (χ3v) is 5.32. The lowest BCUT2D eigenvalue weighted by Crippen LogP contribution is -2.50. The van der Waals surface area contributed by atoms with Gasteiger partial charge in [0, 0.05) is 44.6 Å². The summed E-state index contributed by atoms with van der Waals surface area (Å²) >= 11 is 0. The number of aliphatic hydroxyl groups excluding tert-OH is 1. The third-order valence-electron chi connectivity index (χ3n) is 5.32. The molecule has 25 heavy (non-hydrogen) atoms. The highest BCUT2D eigenvalue weighted by Gasteiger charge is 2.47. The van der Waals surface area contributed by atoms with Gasteiger partial charge in [0.2, 0.25) is 5.91 Å². The van der Waals surface area contributed by atoms with E-state index in [1.54, 1.807) is 6.26 Å². The molecule has 1 saturated carbocycles. The van der Waals surface area contributed by atoms with Gasteiger partial charge in [-0.2, -0.15) is 0 Å². The Bertz CT molecular complexity index is 693. The lowest BCUT2D eigenvalue weighted by molar-refractivity contribution is -0.134. The zero-order chi connectivity index (χ0) is 17.2. The van der Waals surface area contributed by atoms with Gasteiger partial charge in [0.15, 0.2) is 0 Å². The van der Waals surface area contributed by atoms with Crippen molar-refractivity contribution in [2.24, 2.45) is 5.92 Å². The highest BCUT2D eigenvalue weighted by Crippen LogP contribution is 2.48. The summed E-state index contributed by atoms with van der Waals surface area (Å²) in [5.74, 6) is 1.54. The number of furan rings is 1. The Labute approximate surface area is 147 Å². The van der Waals surface area contributed by atoms with Crippen LogP contribution >= 0.6 is 0 Å². The smallest absolute Gasteiger partial charge is 0.226 e. The summed E-state index contributed by atoms with van der Waals surface area (Å²) in [5.41, 5.74) is 0.945. The van der Waals surface area contributed by atoms with E-state index in [4.69, 9.17) is 4.42 Å². The lowest BCUT2D eigenvalue weighted by Gasteiger charge is -2.35. The van der Waals surface area contributed by atoms with Crippen LogP contribution in [0.25, 0.3) is 0 Å². The van der Waals surface area contributed by atoms with E-state index >= 15 is 0 Å². The first-order valence-electron chi connectivity index (χ1n) is 9.00. The molecule has 0 unspecified atom stereocenters. The molecule has 1 aliphatic carbocycles. The van der Waals surface area contributed by atoms with Crippen LogP contribution in [0.1, 0.15) is 29.8 Å². The molecule has 4 rings (SSSR count). The number of carbonyl (C=O) groups is 1. The maximum Gasteiger partial charge on any atom is 0.226 e. The fourth-order valence-corrected chi connectivity index (χ4v) is 3.70. The van der Waals surface area contributed by atoms with Crippen molar-refractivity contribution >= 4 is 5.91 Å². The molecule has 132 valence electrons. The predicted molar refractivity (Wildman–Crippen MR) is 94.0 cm³/mol. The van der Waals surface area contributed by atoms with Crippen molar-refractivity contribution in [3.8, 4) is 0 Å². The fourth-order valence-electron chi connectivity index (χ4n) is 3.70. The average molecular weight is 340 g/mol. The van der Waals surface area contributed by atoms with Gasteiger partial charge in [-0.15, -0.1) is 0 Å². The second kappa shape index (κ2) is 7.02. The Kier molecular flexibility index (Phi) is 4.59. The topological polar surface area (TPSA) is 56.9 Å². The Morgan fingerprint density at radius 1 is 1.12 bits per heavy atom.